The molecular weight excluding hydrogens is 439 g/mol. The van der Waals surface area contributed by atoms with E-state index in [2.05, 4.69) is 4.98 Å². The highest BCUT2D eigenvalue weighted by Crippen LogP contribution is 2.36. The van der Waals surface area contributed by atoms with E-state index in [0.29, 0.717) is 33.8 Å². The highest BCUT2D eigenvalue weighted by atomic mass is 35.5. The smallest absolute Gasteiger partial charge is 0.260 e. The maximum atomic E-state index is 12.9. The molecule has 0 radical (unpaired) electrons. The molecule has 0 atom stereocenters. The fourth-order valence-corrected chi connectivity index (χ4v) is 5.50. The molecule has 30 heavy (non-hydrogen) atoms. The van der Waals surface area contributed by atoms with Crippen LogP contribution >= 0.6 is 34.5 Å². The van der Waals surface area contributed by atoms with Crippen LogP contribution < -0.4 is 10.3 Å². The van der Waals surface area contributed by atoms with Crippen molar-refractivity contribution >= 4 is 44.8 Å². The average Bonchev–Trinajstić information content (AvgIpc) is 3.13. The van der Waals surface area contributed by atoms with Crippen LogP contribution in [-0.4, -0.2) is 9.97 Å². The Labute approximate surface area is 187 Å². The third kappa shape index (κ3) is 3.62. The molecule has 4 nitrogen and oxygen atoms in total. The first kappa shape index (κ1) is 19.6. The number of nitrogens with zero attached hydrogens (tertiary/aromatic N) is 1. The number of aromatic amines is 1. The summed E-state index contributed by atoms with van der Waals surface area (Å²) >= 11 is 14.1. The van der Waals surface area contributed by atoms with E-state index < -0.39 is 0 Å². The largest absolute Gasteiger partial charge is 0.488 e. The molecular formula is C23H18Cl2N2O2S. The minimum absolute atomic E-state index is 0.105. The predicted octanol–water partition coefficient (Wildman–Crippen LogP) is 6.42. The van der Waals surface area contributed by atoms with Gasteiger partial charge in [-0.2, -0.15) is 0 Å². The molecule has 1 N–H and O–H groups in total. The lowest BCUT2D eigenvalue weighted by molar-refractivity contribution is 0.307. The maximum Gasteiger partial charge on any atom is 0.260 e. The summed E-state index contributed by atoms with van der Waals surface area (Å²) in [7, 11) is 0. The van der Waals surface area contributed by atoms with Crippen molar-refractivity contribution in [2.75, 3.05) is 0 Å². The van der Waals surface area contributed by atoms with Gasteiger partial charge in [-0.05, 0) is 55.5 Å². The molecule has 4 aromatic rings. The van der Waals surface area contributed by atoms with Gasteiger partial charge in [-0.3, -0.25) is 4.79 Å². The first-order chi connectivity index (χ1) is 14.6. The Morgan fingerprint density at radius 3 is 2.80 bits per heavy atom. The van der Waals surface area contributed by atoms with Crippen LogP contribution in [0.2, 0.25) is 10.0 Å². The molecule has 0 aliphatic heterocycles. The molecule has 7 heteroatoms. The zero-order valence-electron chi connectivity index (χ0n) is 16.0. The molecule has 0 fully saturated rings. The summed E-state index contributed by atoms with van der Waals surface area (Å²) in [5.41, 5.74) is 2.59. The van der Waals surface area contributed by atoms with E-state index in [1.165, 1.54) is 16.9 Å². The molecule has 2 aromatic carbocycles. The van der Waals surface area contributed by atoms with Crippen LogP contribution in [0.3, 0.4) is 0 Å². The van der Waals surface area contributed by atoms with Gasteiger partial charge in [-0.15, -0.1) is 11.3 Å². The predicted molar refractivity (Wildman–Crippen MR) is 123 cm³/mol. The summed E-state index contributed by atoms with van der Waals surface area (Å²) in [6.07, 6.45) is 4.25. The maximum absolute atomic E-state index is 12.9. The monoisotopic (exact) mass is 456 g/mol. The summed E-state index contributed by atoms with van der Waals surface area (Å²) in [5, 5.41) is 1.92. The zero-order chi connectivity index (χ0) is 20.7. The Balaban J connectivity index is 1.56. The number of hydrogen-bond acceptors (Lipinski definition) is 4. The summed E-state index contributed by atoms with van der Waals surface area (Å²) in [6, 6.07) is 12.9. The molecule has 0 unspecified atom stereocenters. The Kier molecular flexibility index (Phi) is 5.27. The van der Waals surface area contributed by atoms with Gasteiger partial charge in [0.15, 0.2) is 0 Å². The quantitative estimate of drug-likeness (QED) is 0.385. The number of benzene rings is 2. The molecule has 0 bridgehead atoms. The summed E-state index contributed by atoms with van der Waals surface area (Å²) in [4.78, 5) is 22.7. The number of nitrogens with one attached hydrogen (secondary N) is 1. The first-order valence-corrected chi connectivity index (χ1v) is 11.4. The van der Waals surface area contributed by atoms with Gasteiger partial charge in [0, 0.05) is 20.5 Å². The Hall–Kier alpha value is -2.34. The van der Waals surface area contributed by atoms with Gasteiger partial charge in [0.1, 0.15) is 23.0 Å². The number of H-pyrrole nitrogens is 1. The Morgan fingerprint density at radius 1 is 1.10 bits per heavy atom. The molecule has 2 aromatic heterocycles. The normalized spacial score (nSPS) is 13.4. The molecule has 0 spiro atoms. The number of aromatic nitrogens is 2. The lowest BCUT2D eigenvalue weighted by Crippen LogP contribution is -2.11. The van der Waals surface area contributed by atoms with Crippen molar-refractivity contribution in [3.05, 3.63) is 78.9 Å². The lowest BCUT2D eigenvalue weighted by atomic mass is 9.97. The van der Waals surface area contributed by atoms with Crippen molar-refractivity contribution in [2.45, 2.75) is 32.3 Å². The summed E-state index contributed by atoms with van der Waals surface area (Å²) < 4.78 is 6.04. The number of ether oxygens (including phenoxy) is 1. The topological polar surface area (TPSA) is 55.0 Å². The van der Waals surface area contributed by atoms with Crippen molar-refractivity contribution in [3.8, 4) is 17.1 Å². The number of halogens is 2. The van der Waals surface area contributed by atoms with Crippen LogP contribution in [0.25, 0.3) is 21.6 Å². The zero-order valence-corrected chi connectivity index (χ0v) is 18.3. The second-order valence-electron chi connectivity index (χ2n) is 7.33. The number of thiophene rings is 1. The van der Waals surface area contributed by atoms with Crippen molar-refractivity contribution in [2.24, 2.45) is 0 Å². The van der Waals surface area contributed by atoms with E-state index >= 15 is 0 Å². The van der Waals surface area contributed by atoms with E-state index in [0.717, 1.165) is 35.0 Å². The third-order valence-electron chi connectivity index (χ3n) is 5.36. The lowest BCUT2D eigenvalue weighted by Gasteiger charge is -2.13. The SMILES string of the molecule is O=c1[nH]c(-c2cc(Cl)ccc2OCc2ccccc2Cl)nc2sc3c(c12)CCCC3. The molecule has 5 rings (SSSR count). The van der Waals surface area contributed by atoms with Crippen molar-refractivity contribution in [1.82, 2.24) is 9.97 Å². The number of fused-ring (bicyclic) bond motifs is 3. The standard InChI is InChI=1S/C23H18Cl2N2O2S/c24-14-9-10-18(29-12-13-5-1-3-7-17(13)25)16(11-14)21-26-22(28)20-15-6-2-4-8-19(15)30-23(20)27-21/h1,3,5,7,9-11H,2,4,6,8,12H2,(H,26,27,28). The van der Waals surface area contributed by atoms with Gasteiger partial charge in [-0.25, -0.2) is 4.98 Å². The minimum Gasteiger partial charge on any atom is -0.488 e. The van der Waals surface area contributed by atoms with E-state index in [9.17, 15) is 4.79 Å². The molecule has 0 saturated carbocycles. The Bertz CT molecular complexity index is 1310. The van der Waals surface area contributed by atoms with Gasteiger partial charge in [0.05, 0.1) is 10.9 Å². The molecule has 1 aliphatic carbocycles. The van der Waals surface area contributed by atoms with Crippen molar-refractivity contribution in [1.29, 1.82) is 0 Å². The fraction of sp³-hybridized carbons (Fsp3) is 0.217. The van der Waals surface area contributed by atoms with Gasteiger partial charge in [0.25, 0.3) is 5.56 Å². The van der Waals surface area contributed by atoms with Crippen LogP contribution in [-0.2, 0) is 19.4 Å². The van der Waals surface area contributed by atoms with Gasteiger partial charge in [0.2, 0.25) is 0 Å². The molecule has 0 amide bonds. The highest BCUT2D eigenvalue weighted by molar-refractivity contribution is 7.18. The van der Waals surface area contributed by atoms with Crippen LogP contribution in [0.5, 0.6) is 5.75 Å². The average molecular weight is 457 g/mol. The van der Waals surface area contributed by atoms with Crippen LogP contribution in [0.15, 0.2) is 47.3 Å². The molecule has 2 heterocycles. The van der Waals surface area contributed by atoms with Crippen molar-refractivity contribution < 1.29 is 4.74 Å². The molecule has 0 saturated heterocycles. The van der Waals surface area contributed by atoms with Crippen LogP contribution in [0.4, 0.5) is 0 Å². The minimum atomic E-state index is -0.105. The van der Waals surface area contributed by atoms with E-state index in [-0.39, 0.29) is 5.56 Å². The fourth-order valence-electron chi connectivity index (χ4n) is 3.88. The van der Waals surface area contributed by atoms with E-state index in [1.807, 2.05) is 24.3 Å². The second-order valence-corrected chi connectivity index (χ2v) is 9.25. The van der Waals surface area contributed by atoms with E-state index in [4.69, 9.17) is 32.9 Å². The third-order valence-corrected chi connectivity index (χ3v) is 7.15. The van der Waals surface area contributed by atoms with Crippen LogP contribution in [0, 0.1) is 0 Å². The van der Waals surface area contributed by atoms with Crippen LogP contribution in [0.1, 0.15) is 28.8 Å². The summed E-state index contributed by atoms with van der Waals surface area (Å²) in [6.45, 7) is 0.300. The molecule has 1 aliphatic rings. The van der Waals surface area contributed by atoms with E-state index in [1.54, 1.807) is 29.5 Å². The van der Waals surface area contributed by atoms with Gasteiger partial charge < -0.3 is 9.72 Å². The second kappa shape index (κ2) is 8.06. The molecule has 152 valence electrons. The first-order valence-electron chi connectivity index (χ1n) is 9.81. The van der Waals surface area contributed by atoms with Crippen molar-refractivity contribution in [3.63, 3.8) is 0 Å². The number of rotatable bonds is 4. The van der Waals surface area contributed by atoms with Gasteiger partial charge in [-0.1, -0.05) is 41.4 Å². The summed E-state index contributed by atoms with van der Waals surface area (Å²) in [5.74, 6) is 1.05. The number of hydrogen-bond donors (Lipinski definition) is 1. The highest BCUT2D eigenvalue weighted by Gasteiger charge is 2.21. The van der Waals surface area contributed by atoms with Gasteiger partial charge >= 0.3 is 0 Å². The Morgan fingerprint density at radius 2 is 1.93 bits per heavy atom. The number of aryl methyl sites for hydroxylation is 2.